The number of ether oxygens (including phenoxy) is 1. The smallest absolute Gasteiger partial charge is 0.357 e. The molecule has 130 valence electrons. The number of halogens is 1. The number of rotatable bonds is 4. The van der Waals surface area contributed by atoms with E-state index in [0.29, 0.717) is 5.69 Å². The van der Waals surface area contributed by atoms with Crippen molar-refractivity contribution in [2.75, 3.05) is 12.8 Å². The fraction of sp³-hybridized carbons (Fsp3) is 0.0526. The largest absolute Gasteiger partial charge is 0.464 e. The molecule has 1 aromatic heterocycles. The number of nitrogens with two attached hydrogens (primary N) is 1. The highest BCUT2D eigenvalue weighted by molar-refractivity contribution is 7.99. The Labute approximate surface area is 153 Å². The number of esters is 1. The minimum Gasteiger partial charge on any atom is -0.464 e. The van der Waals surface area contributed by atoms with Crippen LogP contribution in [0.5, 0.6) is 0 Å². The Bertz CT molecular complexity index is 989. The standard InChI is InChI=1S/C19H14FN3O2S/c1-25-19(24)18-17(22)12(10-21)11-23(18)14-4-8-16(9-5-14)26-15-6-2-13(20)3-7-15/h2-9,11H,22H2,1H3. The van der Waals surface area contributed by atoms with Gasteiger partial charge in [-0.1, -0.05) is 11.8 Å². The fourth-order valence-electron chi connectivity index (χ4n) is 2.43. The highest BCUT2D eigenvalue weighted by Crippen LogP contribution is 2.30. The van der Waals surface area contributed by atoms with Crippen molar-refractivity contribution in [3.05, 3.63) is 71.8 Å². The average molecular weight is 367 g/mol. The Kier molecular flexibility index (Phi) is 4.96. The first-order chi connectivity index (χ1) is 12.5. The normalized spacial score (nSPS) is 10.3. The van der Waals surface area contributed by atoms with Crippen LogP contribution in [0, 0.1) is 17.1 Å². The van der Waals surface area contributed by atoms with Crippen LogP contribution in [0.25, 0.3) is 5.69 Å². The van der Waals surface area contributed by atoms with Crippen molar-refractivity contribution < 1.29 is 13.9 Å². The van der Waals surface area contributed by atoms with Gasteiger partial charge in [0.2, 0.25) is 0 Å². The van der Waals surface area contributed by atoms with Crippen molar-refractivity contribution >= 4 is 23.4 Å². The molecular weight excluding hydrogens is 353 g/mol. The molecule has 0 amide bonds. The summed E-state index contributed by atoms with van der Waals surface area (Å²) in [6.45, 7) is 0. The van der Waals surface area contributed by atoms with Gasteiger partial charge < -0.3 is 15.0 Å². The lowest BCUT2D eigenvalue weighted by Crippen LogP contribution is -2.11. The maximum Gasteiger partial charge on any atom is 0.357 e. The molecule has 0 spiro atoms. The molecule has 0 saturated carbocycles. The SMILES string of the molecule is COC(=O)c1c(N)c(C#N)cn1-c1ccc(Sc2ccc(F)cc2)cc1. The number of hydrogen-bond acceptors (Lipinski definition) is 5. The van der Waals surface area contributed by atoms with Gasteiger partial charge in [0, 0.05) is 21.7 Å². The van der Waals surface area contributed by atoms with E-state index in [9.17, 15) is 9.18 Å². The number of carbonyl (C=O) groups is 1. The molecule has 0 aliphatic heterocycles. The predicted octanol–water partition coefficient (Wildman–Crippen LogP) is 4.01. The van der Waals surface area contributed by atoms with Gasteiger partial charge in [-0.3, -0.25) is 0 Å². The van der Waals surface area contributed by atoms with Crippen LogP contribution < -0.4 is 5.73 Å². The van der Waals surface area contributed by atoms with Crippen LogP contribution in [-0.4, -0.2) is 17.6 Å². The summed E-state index contributed by atoms with van der Waals surface area (Å²) < 4.78 is 19.3. The molecule has 7 heteroatoms. The topological polar surface area (TPSA) is 81.0 Å². The summed E-state index contributed by atoms with van der Waals surface area (Å²) >= 11 is 1.48. The summed E-state index contributed by atoms with van der Waals surface area (Å²) in [5, 5.41) is 9.16. The molecule has 3 rings (SSSR count). The molecule has 2 N–H and O–H groups in total. The zero-order valence-electron chi connectivity index (χ0n) is 13.8. The molecule has 0 fully saturated rings. The fourth-order valence-corrected chi connectivity index (χ4v) is 3.25. The van der Waals surface area contributed by atoms with Crippen molar-refractivity contribution in [2.24, 2.45) is 0 Å². The van der Waals surface area contributed by atoms with Crippen LogP contribution in [0.2, 0.25) is 0 Å². The molecule has 3 aromatic rings. The van der Waals surface area contributed by atoms with Gasteiger partial charge in [0.05, 0.1) is 18.4 Å². The van der Waals surface area contributed by atoms with Crippen molar-refractivity contribution in [1.82, 2.24) is 4.57 Å². The Morgan fingerprint density at radius 1 is 1.15 bits per heavy atom. The Morgan fingerprint density at radius 3 is 2.27 bits per heavy atom. The highest BCUT2D eigenvalue weighted by atomic mass is 32.2. The number of aromatic nitrogens is 1. The maximum atomic E-state index is 13.0. The van der Waals surface area contributed by atoms with Crippen molar-refractivity contribution in [1.29, 1.82) is 5.26 Å². The minimum absolute atomic E-state index is 0.0871. The summed E-state index contributed by atoms with van der Waals surface area (Å²) in [5.74, 6) is -0.896. The van der Waals surface area contributed by atoms with Crippen LogP contribution in [0.1, 0.15) is 16.1 Å². The van der Waals surface area contributed by atoms with Gasteiger partial charge in [-0.25, -0.2) is 9.18 Å². The van der Waals surface area contributed by atoms with E-state index in [0.717, 1.165) is 9.79 Å². The first-order valence-corrected chi connectivity index (χ1v) is 8.38. The van der Waals surface area contributed by atoms with E-state index in [1.807, 2.05) is 18.2 Å². The molecule has 1 heterocycles. The van der Waals surface area contributed by atoms with E-state index in [2.05, 4.69) is 0 Å². The van der Waals surface area contributed by atoms with Crippen molar-refractivity contribution in [2.45, 2.75) is 9.79 Å². The molecular formula is C19H14FN3O2S. The second kappa shape index (κ2) is 7.33. The number of anilines is 1. The summed E-state index contributed by atoms with van der Waals surface area (Å²) in [7, 11) is 1.26. The number of nitrogen functional groups attached to an aromatic ring is 1. The lowest BCUT2D eigenvalue weighted by atomic mass is 10.2. The van der Waals surface area contributed by atoms with Crippen molar-refractivity contribution in [3.8, 4) is 11.8 Å². The van der Waals surface area contributed by atoms with Gasteiger partial charge in [0.1, 0.15) is 11.9 Å². The second-order valence-electron chi connectivity index (χ2n) is 5.33. The summed E-state index contributed by atoms with van der Waals surface area (Å²) in [4.78, 5) is 13.9. The Morgan fingerprint density at radius 2 is 1.73 bits per heavy atom. The van der Waals surface area contributed by atoms with Gasteiger partial charge in [-0.15, -0.1) is 0 Å². The van der Waals surface area contributed by atoms with E-state index in [1.165, 1.54) is 41.8 Å². The van der Waals surface area contributed by atoms with Crippen LogP contribution in [-0.2, 0) is 4.74 Å². The van der Waals surface area contributed by atoms with E-state index in [4.69, 9.17) is 15.7 Å². The molecule has 26 heavy (non-hydrogen) atoms. The van der Waals surface area contributed by atoms with Gasteiger partial charge in [-0.05, 0) is 48.5 Å². The third-order valence-electron chi connectivity index (χ3n) is 3.71. The number of hydrogen-bond donors (Lipinski definition) is 1. The lowest BCUT2D eigenvalue weighted by Gasteiger charge is -2.09. The molecule has 2 aromatic carbocycles. The molecule has 0 aliphatic carbocycles. The number of nitriles is 1. The monoisotopic (exact) mass is 367 g/mol. The van der Waals surface area contributed by atoms with E-state index < -0.39 is 5.97 Å². The Balaban J connectivity index is 1.92. The number of carbonyl (C=O) groups excluding carboxylic acids is 1. The summed E-state index contributed by atoms with van der Waals surface area (Å²) in [6.07, 6.45) is 1.50. The molecule has 0 unspecified atom stereocenters. The average Bonchev–Trinajstić information content (AvgIpc) is 3.00. The van der Waals surface area contributed by atoms with Crippen LogP contribution in [0.3, 0.4) is 0 Å². The van der Waals surface area contributed by atoms with Crippen LogP contribution in [0.4, 0.5) is 10.1 Å². The number of methoxy groups -OCH3 is 1. The molecule has 0 aliphatic rings. The van der Waals surface area contributed by atoms with Gasteiger partial charge >= 0.3 is 5.97 Å². The molecule has 0 saturated heterocycles. The van der Waals surface area contributed by atoms with Crippen molar-refractivity contribution in [3.63, 3.8) is 0 Å². The van der Waals surface area contributed by atoms with E-state index >= 15 is 0 Å². The van der Waals surface area contributed by atoms with Gasteiger partial charge in [-0.2, -0.15) is 5.26 Å². The van der Waals surface area contributed by atoms with Gasteiger partial charge in [0.15, 0.2) is 5.69 Å². The Hall–Kier alpha value is -3.24. The second-order valence-corrected chi connectivity index (χ2v) is 6.48. The minimum atomic E-state index is -0.617. The molecule has 0 radical (unpaired) electrons. The highest BCUT2D eigenvalue weighted by Gasteiger charge is 2.21. The third-order valence-corrected chi connectivity index (χ3v) is 4.72. The summed E-state index contributed by atoms with van der Waals surface area (Å²) in [5.41, 5.74) is 6.97. The predicted molar refractivity (Wildman–Crippen MR) is 96.8 cm³/mol. The zero-order valence-corrected chi connectivity index (χ0v) is 14.6. The van der Waals surface area contributed by atoms with E-state index in [1.54, 1.807) is 24.3 Å². The first-order valence-electron chi connectivity index (χ1n) is 7.56. The van der Waals surface area contributed by atoms with E-state index in [-0.39, 0.29) is 22.8 Å². The number of nitrogens with zero attached hydrogens (tertiary/aromatic N) is 2. The third kappa shape index (κ3) is 3.41. The molecule has 5 nitrogen and oxygen atoms in total. The maximum absolute atomic E-state index is 13.0. The van der Waals surface area contributed by atoms with Crippen LogP contribution >= 0.6 is 11.8 Å². The molecule has 0 bridgehead atoms. The zero-order chi connectivity index (χ0) is 18.7. The number of benzene rings is 2. The quantitative estimate of drug-likeness (QED) is 0.705. The molecule has 0 atom stereocenters. The van der Waals surface area contributed by atoms with Gasteiger partial charge in [0.25, 0.3) is 0 Å². The summed E-state index contributed by atoms with van der Waals surface area (Å²) in [6, 6.07) is 15.5. The lowest BCUT2D eigenvalue weighted by molar-refractivity contribution is 0.0593. The first kappa shape index (κ1) is 17.6. The van der Waals surface area contributed by atoms with Crippen LogP contribution in [0.15, 0.2) is 64.5 Å².